The summed E-state index contributed by atoms with van der Waals surface area (Å²) in [4.78, 5) is 0. The van der Waals surface area contributed by atoms with E-state index >= 15 is 0 Å². The number of furan rings is 2. The third-order valence-electron chi connectivity index (χ3n) is 5.29. The monoisotopic (exact) mass is 359 g/mol. The van der Waals surface area contributed by atoms with E-state index < -0.39 is 0 Å². The van der Waals surface area contributed by atoms with Gasteiger partial charge in [-0.15, -0.1) is 0 Å². The van der Waals surface area contributed by atoms with Crippen molar-refractivity contribution in [1.82, 2.24) is 0 Å². The second-order valence-electron chi connectivity index (χ2n) is 6.89. The first-order valence-electron chi connectivity index (χ1n) is 9.09. The van der Waals surface area contributed by atoms with E-state index in [9.17, 15) is 5.26 Å². The van der Waals surface area contributed by atoms with Crippen LogP contribution in [0.2, 0.25) is 0 Å². The molecular formula is C25H13NO2. The van der Waals surface area contributed by atoms with Gasteiger partial charge in [-0.2, -0.15) is 5.26 Å². The lowest BCUT2D eigenvalue weighted by Gasteiger charge is -2.05. The fourth-order valence-corrected chi connectivity index (χ4v) is 4.04. The molecule has 130 valence electrons. The molecule has 0 amide bonds. The van der Waals surface area contributed by atoms with Crippen LogP contribution in [0.3, 0.4) is 0 Å². The highest BCUT2D eigenvalue weighted by molar-refractivity contribution is 6.21. The maximum absolute atomic E-state index is 9.37. The molecule has 0 aliphatic heterocycles. The maximum Gasteiger partial charge on any atom is 0.147 e. The average molecular weight is 359 g/mol. The molecule has 28 heavy (non-hydrogen) atoms. The quantitative estimate of drug-likeness (QED) is 0.317. The summed E-state index contributed by atoms with van der Waals surface area (Å²) in [6, 6.07) is 28.0. The van der Waals surface area contributed by atoms with Crippen LogP contribution < -0.4 is 0 Å². The van der Waals surface area contributed by atoms with E-state index in [0.29, 0.717) is 5.56 Å². The summed E-state index contributed by atoms with van der Waals surface area (Å²) in [5.41, 5.74) is 5.64. The lowest BCUT2D eigenvalue weighted by Crippen LogP contribution is -1.83. The van der Waals surface area contributed by atoms with Gasteiger partial charge in [0, 0.05) is 21.5 Å². The number of hydrogen-bond donors (Lipinski definition) is 0. The Bertz CT molecular complexity index is 1490. The molecule has 3 nitrogen and oxygen atoms in total. The van der Waals surface area contributed by atoms with Gasteiger partial charge in [0.05, 0.1) is 17.2 Å². The minimum Gasteiger partial charge on any atom is -0.455 e. The lowest BCUT2D eigenvalue weighted by molar-refractivity contribution is 0.658. The van der Waals surface area contributed by atoms with Gasteiger partial charge in [0.15, 0.2) is 0 Å². The van der Waals surface area contributed by atoms with Crippen molar-refractivity contribution >= 4 is 43.9 Å². The van der Waals surface area contributed by atoms with E-state index in [2.05, 4.69) is 24.3 Å². The van der Waals surface area contributed by atoms with Crippen molar-refractivity contribution < 1.29 is 8.83 Å². The molecule has 3 heteroatoms. The third-order valence-corrected chi connectivity index (χ3v) is 5.29. The van der Waals surface area contributed by atoms with Crippen molar-refractivity contribution in [3.8, 4) is 17.2 Å². The molecule has 0 saturated heterocycles. The lowest BCUT2D eigenvalue weighted by atomic mass is 9.97. The van der Waals surface area contributed by atoms with Crippen molar-refractivity contribution in [1.29, 1.82) is 5.26 Å². The smallest absolute Gasteiger partial charge is 0.147 e. The number of benzene rings is 4. The number of fused-ring (bicyclic) bond motifs is 6. The number of hydrogen-bond acceptors (Lipinski definition) is 3. The van der Waals surface area contributed by atoms with Crippen LogP contribution in [0.4, 0.5) is 0 Å². The summed E-state index contributed by atoms with van der Waals surface area (Å²) in [6.07, 6.45) is 0. The van der Waals surface area contributed by atoms with Crippen LogP contribution in [-0.2, 0) is 0 Å². The summed E-state index contributed by atoms with van der Waals surface area (Å²) >= 11 is 0. The molecule has 2 heterocycles. The molecule has 0 spiro atoms. The predicted molar refractivity (Wildman–Crippen MR) is 111 cm³/mol. The number of nitriles is 1. The zero-order valence-electron chi connectivity index (χ0n) is 14.8. The van der Waals surface area contributed by atoms with Gasteiger partial charge in [-0.1, -0.05) is 48.5 Å². The first-order chi connectivity index (χ1) is 13.8. The van der Waals surface area contributed by atoms with E-state index in [1.807, 2.05) is 54.6 Å². The molecular weight excluding hydrogens is 346 g/mol. The van der Waals surface area contributed by atoms with Gasteiger partial charge >= 0.3 is 0 Å². The Morgan fingerprint density at radius 2 is 1.21 bits per heavy atom. The Morgan fingerprint density at radius 3 is 1.82 bits per heavy atom. The van der Waals surface area contributed by atoms with Gasteiger partial charge in [-0.05, 0) is 35.9 Å². The maximum atomic E-state index is 9.37. The van der Waals surface area contributed by atoms with Crippen LogP contribution >= 0.6 is 0 Å². The molecule has 0 radical (unpaired) electrons. The summed E-state index contributed by atoms with van der Waals surface area (Å²) < 4.78 is 12.5. The molecule has 0 aliphatic rings. The van der Waals surface area contributed by atoms with Crippen molar-refractivity contribution in [2.75, 3.05) is 0 Å². The minimum atomic E-state index is 0.606. The van der Waals surface area contributed by atoms with Crippen LogP contribution in [0.5, 0.6) is 0 Å². The fourth-order valence-electron chi connectivity index (χ4n) is 4.04. The van der Waals surface area contributed by atoms with Crippen LogP contribution in [0.1, 0.15) is 5.56 Å². The Morgan fingerprint density at radius 1 is 0.607 bits per heavy atom. The third kappa shape index (κ3) is 1.97. The average Bonchev–Trinajstić information content (AvgIpc) is 3.30. The molecule has 4 aromatic carbocycles. The number of rotatable bonds is 1. The second-order valence-corrected chi connectivity index (χ2v) is 6.89. The fraction of sp³-hybridized carbons (Fsp3) is 0. The minimum absolute atomic E-state index is 0.606. The molecule has 0 bridgehead atoms. The van der Waals surface area contributed by atoms with E-state index in [4.69, 9.17) is 8.83 Å². The van der Waals surface area contributed by atoms with Gasteiger partial charge in [0.25, 0.3) is 0 Å². The zero-order valence-corrected chi connectivity index (χ0v) is 14.8. The molecule has 6 aromatic rings. The van der Waals surface area contributed by atoms with Gasteiger partial charge < -0.3 is 8.83 Å². The van der Waals surface area contributed by atoms with Crippen LogP contribution in [0.15, 0.2) is 87.7 Å². The first kappa shape index (κ1) is 15.1. The molecule has 0 atom stereocenters. The highest BCUT2D eigenvalue weighted by Gasteiger charge is 2.20. The van der Waals surface area contributed by atoms with E-state index in [-0.39, 0.29) is 0 Å². The summed E-state index contributed by atoms with van der Waals surface area (Å²) in [5, 5.41) is 13.6. The van der Waals surface area contributed by atoms with Crippen LogP contribution in [0, 0.1) is 11.3 Å². The highest BCUT2D eigenvalue weighted by atomic mass is 16.3. The van der Waals surface area contributed by atoms with Crippen LogP contribution in [-0.4, -0.2) is 0 Å². The molecule has 0 aliphatic carbocycles. The van der Waals surface area contributed by atoms with Gasteiger partial charge in [-0.3, -0.25) is 0 Å². The number of nitrogens with zero attached hydrogens (tertiary/aromatic N) is 1. The van der Waals surface area contributed by atoms with Crippen molar-refractivity contribution in [3.63, 3.8) is 0 Å². The molecule has 0 saturated carbocycles. The predicted octanol–water partition coefficient (Wildman–Crippen LogP) is 7.02. The standard InChI is InChI=1S/C25H13NO2/c26-14-15-6-5-7-16(12-15)23-24-19(17-8-1-3-10-21(17)27-24)13-20-18-9-2-4-11-22(18)28-25(20)23/h1-13H. The topological polar surface area (TPSA) is 50.1 Å². The van der Waals surface area contributed by atoms with Crippen molar-refractivity contribution in [3.05, 3.63) is 84.4 Å². The summed E-state index contributed by atoms with van der Waals surface area (Å²) in [7, 11) is 0. The molecule has 6 rings (SSSR count). The first-order valence-corrected chi connectivity index (χ1v) is 9.09. The zero-order chi connectivity index (χ0) is 18.7. The Labute approximate surface area is 160 Å². The van der Waals surface area contributed by atoms with Crippen molar-refractivity contribution in [2.45, 2.75) is 0 Å². The van der Waals surface area contributed by atoms with Gasteiger partial charge in [0.1, 0.15) is 22.3 Å². The molecule has 0 unspecified atom stereocenters. The van der Waals surface area contributed by atoms with E-state index in [1.165, 1.54) is 0 Å². The second kappa shape index (κ2) is 5.48. The van der Waals surface area contributed by atoms with Crippen LogP contribution in [0.25, 0.3) is 55.0 Å². The SMILES string of the molecule is N#Cc1cccc(-c2c3oc4ccccc4c3cc3c2oc2ccccc23)c1. The Kier molecular flexibility index (Phi) is 2.95. The van der Waals surface area contributed by atoms with E-state index in [1.54, 1.807) is 6.07 Å². The van der Waals surface area contributed by atoms with Gasteiger partial charge in [0.2, 0.25) is 0 Å². The molecule has 0 fully saturated rings. The highest BCUT2D eigenvalue weighted by Crippen LogP contribution is 2.44. The van der Waals surface area contributed by atoms with Crippen molar-refractivity contribution in [2.24, 2.45) is 0 Å². The Balaban J connectivity index is 1.88. The van der Waals surface area contributed by atoms with E-state index in [0.717, 1.165) is 55.0 Å². The normalized spacial score (nSPS) is 11.5. The molecule has 2 aromatic heterocycles. The largest absolute Gasteiger partial charge is 0.455 e. The van der Waals surface area contributed by atoms with Gasteiger partial charge in [-0.25, -0.2) is 0 Å². The summed E-state index contributed by atoms with van der Waals surface area (Å²) in [6.45, 7) is 0. The number of para-hydroxylation sites is 2. The summed E-state index contributed by atoms with van der Waals surface area (Å²) in [5.74, 6) is 0. The Hall–Kier alpha value is -4.03. The molecule has 0 N–H and O–H groups in total.